The molecule has 5 nitrogen and oxygen atoms in total. The highest BCUT2D eigenvalue weighted by atomic mass is 19.1. The van der Waals surface area contributed by atoms with Crippen LogP contribution in [0.4, 0.5) is 10.1 Å². The number of carbonyl (C=O) groups is 2. The van der Waals surface area contributed by atoms with Crippen molar-refractivity contribution in [1.29, 1.82) is 0 Å². The maximum Gasteiger partial charge on any atom is 0.238 e. The summed E-state index contributed by atoms with van der Waals surface area (Å²) < 4.78 is 13.1. The van der Waals surface area contributed by atoms with Crippen LogP contribution in [0.1, 0.15) is 19.3 Å². The lowest BCUT2D eigenvalue weighted by molar-refractivity contribution is -0.140. The fraction of sp³-hybridized carbons (Fsp3) is 0.529. The van der Waals surface area contributed by atoms with Crippen LogP contribution in [0.15, 0.2) is 24.3 Å². The Morgan fingerprint density at radius 1 is 1.17 bits per heavy atom. The van der Waals surface area contributed by atoms with Gasteiger partial charge in [-0.3, -0.25) is 14.5 Å². The van der Waals surface area contributed by atoms with Gasteiger partial charge < -0.3 is 10.2 Å². The molecule has 1 aromatic carbocycles. The zero-order valence-electron chi connectivity index (χ0n) is 13.1. The molecular weight excluding hydrogens is 297 g/mol. The summed E-state index contributed by atoms with van der Waals surface area (Å²) in [4.78, 5) is 28.1. The molecule has 0 atom stereocenters. The number of nitrogens with zero attached hydrogens (tertiary/aromatic N) is 2. The SMILES string of the molecule is O=C(CN1CCN(C(=O)C2CCC2)CC1)Nc1cccc(F)c1. The van der Waals surface area contributed by atoms with E-state index in [0.717, 1.165) is 19.3 Å². The van der Waals surface area contributed by atoms with Crippen molar-refractivity contribution in [3.8, 4) is 0 Å². The average Bonchev–Trinajstić information content (AvgIpc) is 2.46. The highest BCUT2D eigenvalue weighted by Gasteiger charge is 2.31. The molecule has 1 saturated heterocycles. The summed E-state index contributed by atoms with van der Waals surface area (Å²) >= 11 is 0. The highest BCUT2D eigenvalue weighted by Crippen LogP contribution is 2.28. The summed E-state index contributed by atoms with van der Waals surface area (Å²) in [5, 5.41) is 2.70. The van der Waals surface area contributed by atoms with E-state index in [4.69, 9.17) is 0 Å². The number of rotatable bonds is 4. The first-order valence-corrected chi connectivity index (χ1v) is 8.18. The number of hydrogen-bond donors (Lipinski definition) is 1. The lowest BCUT2D eigenvalue weighted by Crippen LogP contribution is -2.52. The molecule has 1 N–H and O–H groups in total. The molecule has 1 aromatic rings. The smallest absolute Gasteiger partial charge is 0.238 e. The van der Waals surface area contributed by atoms with Crippen LogP contribution >= 0.6 is 0 Å². The van der Waals surface area contributed by atoms with E-state index in [1.54, 1.807) is 12.1 Å². The largest absolute Gasteiger partial charge is 0.340 e. The monoisotopic (exact) mass is 319 g/mol. The van der Waals surface area contributed by atoms with Gasteiger partial charge in [0.05, 0.1) is 6.54 Å². The van der Waals surface area contributed by atoms with E-state index in [1.165, 1.54) is 12.1 Å². The van der Waals surface area contributed by atoms with Crippen molar-refractivity contribution in [2.45, 2.75) is 19.3 Å². The van der Waals surface area contributed by atoms with Crippen LogP contribution in [-0.2, 0) is 9.59 Å². The van der Waals surface area contributed by atoms with Gasteiger partial charge in [0.15, 0.2) is 0 Å². The van der Waals surface area contributed by atoms with Gasteiger partial charge in [-0.2, -0.15) is 0 Å². The summed E-state index contributed by atoms with van der Waals surface area (Å²) in [6.07, 6.45) is 3.21. The van der Waals surface area contributed by atoms with Gasteiger partial charge in [-0.05, 0) is 31.0 Å². The molecule has 0 radical (unpaired) electrons. The van der Waals surface area contributed by atoms with Crippen LogP contribution < -0.4 is 5.32 Å². The van der Waals surface area contributed by atoms with Crippen LogP contribution in [-0.4, -0.2) is 54.3 Å². The Bertz CT molecular complexity index is 581. The highest BCUT2D eigenvalue weighted by molar-refractivity contribution is 5.92. The van der Waals surface area contributed by atoms with Gasteiger partial charge in [0.25, 0.3) is 0 Å². The normalized spacial score (nSPS) is 19.3. The third-order valence-corrected chi connectivity index (χ3v) is 4.61. The fourth-order valence-corrected chi connectivity index (χ4v) is 3.01. The molecule has 2 aliphatic rings. The summed E-state index contributed by atoms with van der Waals surface area (Å²) in [5.41, 5.74) is 0.466. The molecule has 1 aliphatic carbocycles. The van der Waals surface area contributed by atoms with Gasteiger partial charge >= 0.3 is 0 Å². The molecule has 2 fully saturated rings. The first kappa shape index (κ1) is 15.9. The van der Waals surface area contributed by atoms with Crippen LogP contribution in [0.5, 0.6) is 0 Å². The Kier molecular flexibility index (Phi) is 4.91. The standard InChI is InChI=1S/C17H22FN3O2/c18-14-5-2-6-15(11-14)19-16(22)12-20-7-9-21(10-8-20)17(23)13-3-1-4-13/h2,5-6,11,13H,1,3-4,7-10,12H2,(H,19,22). The average molecular weight is 319 g/mol. The zero-order chi connectivity index (χ0) is 16.2. The minimum atomic E-state index is -0.370. The molecule has 1 heterocycles. The summed E-state index contributed by atoms with van der Waals surface area (Å²) in [7, 11) is 0. The number of nitrogens with one attached hydrogen (secondary N) is 1. The summed E-state index contributed by atoms with van der Waals surface area (Å²) in [6.45, 7) is 3.04. The second-order valence-electron chi connectivity index (χ2n) is 6.29. The van der Waals surface area contributed by atoms with Crippen molar-refractivity contribution in [2.75, 3.05) is 38.0 Å². The zero-order valence-corrected chi connectivity index (χ0v) is 13.1. The minimum Gasteiger partial charge on any atom is -0.340 e. The van der Waals surface area contributed by atoms with Crippen molar-refractivity contribution in [3.05, 3.63) is 30.1 Å². The molecule has 2 amide bonds. The first-order valence-electron chi connectivity index (χ1n) is 8.18. The molecule has 6 heteroatoms. The summed E-state index contributed by atoms with van der Waals surface area (Å²) in [5.74, 6) is -0.0155. The van der Waals surface area contributed by atoms with Gasteiger partial charge in [-0.25, -0.2) is 4.39 Å². The predicted molar refractivity (Wildman–Crippen MR) is 85.4 cm³/mol. The van der Waals surface area contributed by atoms with E-state index in [1.807, 2.05) is 9.80 Å². The maximum absolute atomic E-state index is 13.1. The number of piperazine rings is 1. The van der Waals surface area contributed by atoms with E-state index < -0.39 is 0 Å². The lowest BCUT2D eigenvalue weighted by Gasteiger charge is -2.37. The first-order chi connectivity index (χ1) is 11.1. The van der Waals surface area contributed by atoms with E-state index >= 15 is 0 Å². The molecule has 1 aliphatic heterocycles. The molecule has 3 rings (SSSR count). The number of benzene rings is 1. The van der Waals surface area contributed by atoms with Crippen molar-refractivity contribution in [1.82, 2.24) is 9.80 Å². The van der Waals surface area contributed by atoms with E-state index in [9.17, 15) is 14.0 Å². The van der Waals surface area contributed by atoms with Crippen LogP contribution in [0.2, 0.25) is 0 Å². The minimum absolute atomic E-state index is 0.158. The topological polar surface area (TPSA) is 52.7 Å². The molecule has 0 bridgehead atoms. The van der Waals surface area contributed by atoms with E-state index in [2.05, 4.69) is 5.32 Å². The van der Waals surface area contributed by atoms with Crippen molar-refractivity contribution >= 4 is 17.5 Å². The Hall–Kier alpha value is -1.95. The van der Waals surface area contributed by atoms with Gasteiger partial charge in [-0.1, -0.05) is 12.5 Å². The Morgan fingerprint density at radius 2 is 1.91 bits per heavy atom. The predicted octanol–water partition coefficient (Wildman–Crippen LogP) is 1.71. The van der Waals surface area contributed by atoms with Gasteiger partial charge in [0.2, 0.25) is 11.8 Å². The Labute approximate surface area is 135 Å². The van der Waals surface area contributed by atoms with Gasteiger partial charge in [0.1, 0.15) is 5.82 Å². The molecule has 23 heavy (non-hydrogen) atoms. The van der Waals surface area contributed by atoms with E-state index in [-0.39, 0.29) is 30.1 Å². The fourth-order valence-electron chi connectivity index (χ4n) is 3.01. The number of hydrogen-bond acceptors (Lipinski definition) is 3. The van der Waals surface area contributed by atoms with Crippen LogP contribution in [0.3, 0.4) is 0 Å². The maximum atomic E-state index is 13.1. The Balaban J connectivity index is 1.43. The number of halogens is 1. The second-order valence-corrected chi connectivity index (χ2v) is 6.29. The van der Waals surface area contributed by atoms with Crippen molar-refractivity contribution in [2.24, 2.45) is 5.92 Å². The quantitative estimate of drug-likeness (QED) is 0.919. The lowest BCUT2D eigenvalue weighted by atomic mass is 9.84. The molecular formula is C17H22FN3O2. The number of anilines is 1. The third-order valence-electron chi connectivity index (χ3n) is 4.61. The van der Waals surface area contributed by atoms with Crippen molar-refractivity contribution < 1.29 is 14.0 Å². The summed E-state index contributed by atoms with van der Waals surface area (Å²) in [6, 6.07) is 5.87. The Morgan fingerprint density at radius 3 is 2.52 bits per heavy atom. The van der Waals surface area contributed by atoms with Gasteiger partial charge in [-0.15, -0.1) is 0 Å². The second kappa shape index (κ2) is 7.08. The molecule has 0 aromatic heterocycles. The van der Waals surface area contributed by atoms with E-state index in [0.29, 0.717) is 31.9 Å². The number of amides is 2. The van der Waals surface area contributed by atoms with Crippen molar-refractivity contribution in [3.63, 3.8) is 0 Å². The van der Waals surface area contributed by atoms with Crippen LogP contribution in [0, 0.1) is 11.7 Å². The van der Waals surface area contributed by atoms with Gasteiger partial charge in [0, 0.05) is 37.8 Å². The molecule has 124 valence electrons. The molecule has 0 unspecified atom stereocenters. The third kappa shape index (κ3) is 4.07. The number of carbonyl (C=O) groups excluding carboxylic acids is 2. The molecule has 0 spiro atoms. The van der Waals surface area contributed by atoms with Crippen LogP contribution in [0.25, 0.3) is 0 Å². The molecule has 1 saturated carbocycles.